The van der Waals surface area contributed by atoms with Crippen molar-refractivity contribution < 1.29 is 9.21 Å². The van der Waals surface area contributed by atoms with Crippen LogP contribution < -0.4 is 5.32 Å². The number of carbonyl (C=O) groups excluding carboxylic acids is 1. The van der Waals surface area contributed by atoms with Crippen LogP contribution in [0.25, 0.3) is 0 Å². The van der Waals surface area contributed by atoms with Crippen LogP contribution in [0.1, 0.15) is 51.9 Å². The van der Waals surface area contributed by atoms with Gasteiger partial charge in [-0.2, -0.15) is 0 Å². The lowest BCUT2D eigenvalue weighted by molar-refractivity contribution is 0.0909. The van der Waals surface area contributed by atoms with E-state index in [1.165, 1.54) is 23.0 Å². The Hall–Kier alpha value is -2.93. The fourth-order valence-corrected chi connectivity index (χ4v) is 3.87. The summed E-state index contributed by atoms with van der Waals surface area (Å²) in [5, 5.41) is 11.7. The molecule has 7 nitrogen and oxygen atoms in total. The number of nitrogens with one attached hydrogen (secondary N) is 1. The second-order valence-electron chi connectivity index (χ2n) is 7.75. The molecule has 0 spiro atoms. The Balaban J connectivity index is 1.43. The van der Waals surface area contributed by atoms with Crippen LogP contribution >= 0.6 is 0 Å². The number of aryl methyl sites for hydroxylation is 2. The van der Waals surface area contributed by atoms with E-state index in [1.807, 2.05) is 6.92 Å². The minimum absolute atomic E-state index is 0.245. The van der Waals surface area contributed by atoms with Gasteiger partial charge < -0.3 is 14.3 Å². The van der Waals surface area contributed by atoms with E-state index in [2.05, 4.69) is 57.0 Å². The third-order valence-electron chi connectivity index (χ3n) is 5.52. The molecule has 0 saturated heterocycles. The number of amides is 1. The molecule has 29 heavy (non-hydrogen) atoms. The average molecular weight is 393 g/mol. The van der Waals surface area contributed by atoms with Gasteiger partial charge in [-0.25, -0.2) is 0 Å². The molecule has 0 aliphatic carbocycles. The number of carbonyl (C=O) groups is 1. The van der Waals surface area contributed by atoms with E-state index in [0.717, 1.165) is 44.2 Å². The van der Waals surface area contributed by atoms with Crippen molar-refractivity contribution in [3.05, 3.63) is 70.7 Å². The van der Waals surface area contributed by atoms with E-state index < -0.39 is 0 Å². The summed E-state index contributed by atoms with van der Waals surface area (Å²) < 4.78 is 7.32. The number of benzene rings is 1. The highest BCUT2D eigenvalue weighted by Crippen LogP contribution is 2.19. The second-order valence-corrected chi connectivity index (χ2v) is 7.75. The van der Waals surface area contributed by atoms with Crippen LogP contribution in [0.4, 0.5) is 0 Å². The van der Waals surface area contributed by atoms with Gasteiger partial charge >= 0.3 is 0 Å². The number of fused-ring (bicyclic) bond motifs is 1. The zero-order valence-electron chi connectivity index (χ0n) is 17.2. The quantitative estimate of drug-likeness (QED) is 0.721. The van der Waals surface area contributed by atoms with E-state index in [-0.39, 0.29) is 11.9 Å². The van der Waals surface area contributed by atoms with Gasteiger partial charge in [-0.1, -0.05) is 23.8 Å². The van der Waals surface area contributed by atoms with E-state index in [0.29, 0.717) is 5.76 Å². The van der Waals surface area contributed by atoms with Gasteiger partial charge in [0.25, 0.3) is 5.91 Å². The Labute approximate surface area is 170 Å². The van der Waals surface area contributed by atoms with Crippen molar-refractivity contribution in [2.45, 2.75) is 46.3 Å². The molecule has 2 aromatic heterocycles. The largest absolute Gasteiger partial charge is 0.459 e. The van der Waals surface area contributed by atoms with Crippen LogP contribution in [-0.4, -0.2) is 38.7 Å². The summed E-state index contributed by atoms with van der Waals surface area (Å²) in [6.07, 6.45) is 2.34. The molecule has 1 aromatic carbocycles. The number of aromatic nitrogens is 3. The van der Waals surface area contributed by atoms with Gasteiger partial charge in [0.1, 0.15) is 5.82 Å². The van der Waals surface area contributed by atoms with E-state index in [9.17, 15) is 4.79 Å². The molecule has 0 bridgehead atoms. The topological polar surface area (TPSA) is 76.2 Å². The summed E-state index contributed by atoms with van der Waals surface area (Å²) in [4.78, 5) is 14.7. The monoisotopic (exact) mass is 393 g/mol. The summed E-state index contributed by atoms with van der Waals surface area (Å²) in [5.74, 6) is 1.81. The van der Waals surface area contributed by atoms with Crippen molar-refractivity contribution in [1.29, 1.82) is 0 Å². The molecule has 1 N–H and O–H groups in total. The molecule has 1 amide bonds. The van der Waals surface area contributed by atoms with Gasteiger partial charge in [0.15, 0.2) is 11.6 Å². The summed E-state index contributed by atoms with van der Waals surface area (Å²) in [7, 11) is 0. The first-order valence-electron chi connectivity index (χ1n) is 10.1. The second kappa shape index (κ2) is 8.21. The molecule has 1 aliphatic heterocycles. The van der Waals surface area contributed by atoms with Crippen molar-refractivity contribution in [1.82, 2.24) is 25.0 Å². The fraction of sp³-hybridized carbons (Fsp3) is 0.409. The molecule has 1 aliphatic rings. The highest BCUT2D eigenvalue weighted by molar-refractivity contribution is 5.91. The van der Waals surface area contributed by atoms with Crippen molar-refractivity contribution in [3.8, 4) is 0 Å². The molecule has 0 radical (unpaired) electrons. The Morgan fingerprint density at radius 3 is 2.83 bits per heavy atom. The van der Waals surface area contributed by atoms with Gasteiger partial charge in [0.2, 0.25) is 0 Å². The summed E-state index contributed by atoms with van der Waals surface area (Å²) in [6, 6.07) is 9.75. The first-order valence-corrected chi connectivity index (χ1v) is 10.1. The normalized spacial score (nSPS) is 15.6. The van der Waals surface area contributed by atoms with Crippen LogP contribution in [-0.2, 0) is 19.5 Å². The summed E-state index contributed by atoms with van der Waals surface area (Å²) in [6.45, 7) is 9.84. The molecule has 3 heterocycles. The molecule has 4 rings (SSSR count). The molecular weight excluding hydrogens is 366 g/mol. The summed E-state index contributed by atoms with van der Waals surface area (Å²) >= 11 is 0. The molecule has 1 atom stereocenters. The maximum absolute atomic E-state index is 12.3. The maximum atomic E-state index is 12.3. The Morgan fingerprint density at radius 1 is 1.21 bits per heavy atom. The average Bonchev–Trinajstić information content (AvgIpc) is 3.32. The highest BCUT2D eigenvalue weighted by atomic mass is 16.3. The fourth-order valence-electron chi connectivity index (χ4n) is 3.87. The van der Waals surface area contributed by atoms with E-state index in [4.69, 9.17) is 4.42 Å². The molecule has 7 heteroatoms. The first-order chi connectivity index (χ1) is 14.0. The summed E-state index contributed by atoms with van der Waals surface area (Å²) in [5.41, 5.74) is 4.00. The molecule has 0 unspecified atom stereocenters. The van der Waals surface area contributed by atoms with Crippen LogP contribution in [0, 0.1) is 13.8 Å². The molecule has 3 aromatic rings. The van der Waals surface area contributed by atoms with Gasteiger partial charge in [-0.15, -0.1) is 10.2 Å². The number of furan rings is 1. The number of hydrogen-bond donors (Lipinski definition) is 1. The molecular formula is C22H27N5O2. The van der Waals surface area contributed by atoms with Crippen molar-refractivity contribution in [2.24, 2.45) is 0 Å². The van der Waals surface area contributed by atoms with Crippen LogP contribution in [0.2, 0.25) is 0 Å². The third kappa shape index (κ3) is 4.24. The Morgan fingerprint density at radius 2 is 2.07 bits per heavy atom. The van der Waals surface area contributed by atoms with Crippen molar-refractivity contribution >= 4 is 5.91 Å². The van der Waals surface area contributed by atoms with Crippen molar-refractivity contribution in [3.63, 3.8) is 0 Å². The Bertz CT molecular complexity index is 993. The number of hydrogen-bond acceptors (Lipinski definition) is 5. The highest BCUT2D eigenvalue weighted by Gasteiger charge is 2.23. The predicted molar refractivity (Wildman–Crippen MR) is 110 cm³/mol. The standard InChI is InChI=1S/C22H27N5O2/c1-15-6-7-18(16(2)13-15)14-26-9-8-20-24-25-21(27(20)11-10-26)17(3)23-22(28)19-5-4-12-29-19/h4-7,12-13,17H,8-11,14H2,1-3H3,(H,23,28)/t17-/m1/s1. The van der Waals surface area contributed by atoms with Crippen molar-refractivity contribution in [2.75, 3.05) is 13.1 Å². The Kier molecular flexibility index (Phi) is 5.49. The van der Waals surface area contributed by atoms with Crippen LogP contribution in [0.15, 0.2) is 41.0 Å². The molecule has 0 fully saturated rings. The molecule has 0 saturated carbocycles. The minimum Gasteiger partial charge on any atom is -0.459 e. The third-order valence-corrected chi connectivity index (χ3v) is 5.52. The van der Waals surface area contributed by atoms with E-state index >= 15 is 0 Å². The van der Waals surface area contributed by atoms with Crippen LogP contribution in [0.3, 0.4) is 0 Å². The van der Waals surface area contributed by atoms with Gasteiger partial charge in [0.05, 0.1) is 12.3 Å². The lowest BCUT2D eigenvalue weighted by Gasteiger charge is -2.21. The number of rotatable bonds is 5. The van der Waals surface area contributed by atoms with Crippen LogP contribution in [0.5, 0.6) is 0 Å². The number of nitrogens with zero attached hydrogens (tertiary/aromatic N) is 4. The van der Waals surface area contributed by atoms with Gasteiger partial charge in [-0.05, 0) is 44.0 Å². The zero-order valence-corrected chi connectivity index (χ0v) is 17.2. The lowest BCUT2D eigenvalue weighted by atomic mass is 10.1. The first kappa shape index (κ1) is 19.4. The predicted octanol–water partition coefficient (Wildman–Crippen LogP) is 3.04. The SMILES string of the molecule is Cc1ccc(CN2CCc3nnc([C@@H](C)NC(=O)c4ccco4)n3CC2)c(C)c1. The molecule has 152 valence electrons. The lowest BCUT2D eigenvalue weighted by Crippen LogP contribution is -2.30. The maximum Gasteiger partial charge on any atom is 0.287 e. The van der Waals surface area contributed by atoms with Gasteiger partial charge in [0, 0.05) is 32.6 Å². The smallest absolute Gasteiger partial charge is 0.287 e. The van der Waals surface area contributed by atoms with E-state index in [1.54, 1.807) is 12.1 Å². The zero-order chi connectivity index (χ0) is 20.4. The minimum atomic E-state index is -0.250. The van der Waals surface area contributed by atoms with Gasteiger partial charge in [-0.3, -0.25) is 9.69 Å².